The standard InChI is InChI=1S/C14H11Br2F2N/c1-14(19,8-4-2-3-5-9(8)15)12-11(17)7-6-10(16)13(12)18/h2-7H,19H2,1H3. The van der Waals surface area contributed by atoms with E-state index in [0.29, 0.717) is 10.0 Å². The van der Waals surface area contributed by atoms with Crippen LogP contribution in [0.2, 0.25) is 0 Å². The van der Waals surface area contributed by atoms with Gasteiger partial charge in [-0.1, -0.05) is 34.1 Å². The van der Waals surface area contributed by atoms with Crippen molar-refractivity contribution in [3.8, 4) is 0 Å². The molecule has 2 aromatic rings. The van der Waals surface area contributed by atoms with Crippen molar-refractivity contribution in [2.45, 2.75) is 12.5 Å². The Labute approximate surface area is 127 Å². The van der Waals surface area contributed by atoms with Crippen molar-refractivity contribution in [3.63, 3.8) is 0 Å². The minimum atomic E-state index is -1.28. The highest BCUT2D eigenvalue weighted by molar-refractivity contribution is 9.10. The lowest BCUT2D eigenvalue weighted by molar-refractivity contribution is 0.478. The number of hydrogen-bond acceptors (Lipinski definition) is 1. The van der Waals surface area contributed by atoms with Gasteiger partial charge >= 0.3 is 0 Å². The molecule has 100 valence electrons. The summed E-state index contributed by atoms with van der Waals surface area (Å²) in [5.41, 5.74) is 5.38. The summed E-state index contributed by atoms with van der Waals surface area (Å²) < 4.78 is 29.1. The minimum Gasteiger partial charge on any atom is -0.318 e. The maximum Gasteiger partial charge on any atom is 0.145 e. The van der Waals surface area contributed by atoms with E-state index in [0.717, 1.165) is 0 Å². The zero-order chi connectivity index (χ0) is 14.2. The summed E-state index contributed by atoms with van der Waals surface area (Å²) >= 11 is 6.42. The van der Waals surface area contributed by atoms with Gasteiger partial charge in [0.25, 0.3) is 0 Å². The monoisotopic (exact) mass is 389 g/mol. The minimum absolute atomic E-state index is 0.159. The van der Waals surface area contributed by atoms with Crippen LogP contribution in [-0.2, 0) is 5.54 Å². The fraction of sp³-hybridized carbons (Fsp3) is 0.143. The summed E-state index contributed by atoms with van der Waals surface area (Å²) in [6.07, 6.45) is 0. The van der Waals surface area contributed by atoms with Crippen LogP contribution in [0.15, 0.2) is 45.3 Å². The van der Waals surface area contributed by atoms with E-state index in [1.165, 1.54) is 12.1 Å². The molecule has 1 nitrogen and oxygen atoms in total. The Morgan fingerprint density at radius 3 is 2.26 bits per heavy atom. The fourth-order valence-corrected chi connectivity index (χ4v) is 3.05. The number of hydrogen-bond donors (Lipinski definition) is 1. The highest BCUT2D eigenvalue weighted by Crippen LogP contribution is 2.36. The molecule has 0 radical (unpaired) electrons. The normalized spacial score (nSPS) is 14.2. The number of nitrogens with two attached hydrogens (primary N) is 1. The number of halogens is 4. The molecule has 0 aliphatic heterocycles. The van der Waals surface area contributed by atoms with Crippen molar-refractivity contribution < 1.29 is 8.78 Å². The van der Waals surface area contributed by atoms with Crippen LogP contribution in [0.5, 0.6) is 0 Å². The molecule has 0 aromatic heterocycles. The topological polar surface area (TPSA) is 26.0 Å². The quantitative estimate of drug-likeness (QED) is 0.738. The first-order valence-electron chi connectivity index (χ1n) is 5.53. The van der Waals surface area contributed by atoms with Gasteiger partial charge in [0.05, 0.1) is 10.0 Å². The van der Waals surface area contributed by atoms with Crippen LogP contribution in [0.4, 0.5) is 8.78 Å². The van der Waals surface area contributed by atoms with E-state index in [1.807, 2.05) is 6.07 Å². The van der Waals surface area contributed by atoms with Gasteiger partial charge in [0, 0.05) is 10.0 Å². The van der Waals surface area contributed by atoms with Crippen molar-refractivity contribution in [3.05, 3.63) is 68.1 Å². The van der Waals surface area contributed by atoms with Crippen LogP contribution in [0.25, 0.3) is 0 Å². The molecule has 1 unspecified atom stereocenters. The second-order valence-electron chi connectivity index (χ2n) is 4.40. The van der Waals surface area contributed by atoms with Gasteiger partial charge in [-0.2, -0.15) is 0 Å². The maximum atomic E-state index is 14.2. The number of rotatable bonds is 2. The van der Waals surface area contributed by atoms with Crippen molar-refractivity contribution >= 4 is 31.9 Å². The lowest BCUT2D eigenvalue weighted by Gasteiger charge is -2.28. The first-order valence-corrected chi connectivity index (χ1v) is 7.12. The average molecular weight is 391 g/mol. The summed E-state index contributed by atoms with van der Waals surface area (Å²) in [6.45, 7) is 1.58. The molecular formula is C14H11Br2F2N. The van der Waals surface area contributed by atoms with Crippen LogP contribution in [0.1, 0.15) is 18.1 Å². The molecule has 2 aromatic carbocycles. The van der Waals surface area contributed by atoms with Crippen molar-refractivity contribution in [2.24, 2.45) is 5.73 Å². The molecular weight excluding hydrogens is 380 g/mol. The third kappa shape index (κ3) is 2.59. The molecule has 0 saturated carbocycles. The van der Waals surface area contributed by atoms with E-state index >= 15 is 0 Å². The Hall–Kier alpha value is -0.780. The molecule has 0 amide bonds. The summed E-state index contributed by atoms with van der Waals surface area (Å²) in [4.78, 5) is 0. The van der Waals surface area contributed by atoms with Crippen LogP contribution >= 0.6 is 31.9 Å². The van der Waals surface area contributed by atoms with E-state index < -0.39 is 17.2 Å². The molecule has 2 N–H and O–H groups in total. The highest BCUT2D eigenvalue weighted by atomic mass is 79.9. The van der Waals surface area contributed by atoms with E-state index in [1.54, 1.807) is 25.1 Å². The van der Waals surface area contributed by atoms with Gasteiger partial charge in [-0.25, -0.2) is 8.78 Å². The number of benzene rings is 2. The van der Waals surface area contributed by atoms with Gasteiger partial charge in [-0.3, -0.25) is 0 Å². The van der Waals surface area contributed by atoms with E-state index in [-0.39, 0.29) is 10.0 Å². The third-order valence-corrected chi connectivity index (χ3v) is 4.30. The molecule has 19 heavy (non-hydrogen) atoms. The van der Waals surface area contributed by atoms with Gasteiger partial charge < -0.3 is 5.73 Å². The van der Waals surface area contributed by atoms with E-state index in [9.17, 15) is 8.78 Å². The second kappa shape index (κ2) is 5.31. The zero-order valence-electron chi connectivity index (χ0n) is 10.1. The predicted octanol–water partition coefficient (Wildman–Crippen LogP) is 4.71. The van der Waals surface area contributed by atoms with Gasteiger partial charge in [0.15, 0.2) is 0 Å². The second-order valence-corrected chi connectivity index (χ2v) is 6.11. The highest BCUT2D eigenvalue weighted by Gasteiger charge is 2.32. The molecule has 5 heteroatoms. The van der Waals surface area contributed by atoms with Crippen LogP contribution < -0.4 is 5.73 Å². The van der Waals surface area contributed by atoms with Crippen molar-refractivity contribution in [1.82, 2.24) is 0 Å². The SMILES string of the molecule is CC(N)(c1ccccc1Br)c1c(F)ccc(Br)c1F. The van der Waals surface area contributed by atoms with Crippen LogP contribution in [0.3, 0.4) is 0 Å². The predicted molar refractivity (Wildman–Crippen MR) is 78.8 cm³/mol. The van der Waals surface area contributed by atoms with Gasteiger partial charge in [0.1, 0.15) is 11.6 Å². The average Bonchev–Trinajstić information content (AvgIpc) is 2.34. The summed E-state index contributed by atoms with van der Waals surface area (Å²) in [6, 6.07) is 9.64. The van der Waals surface area contributed by atoms with Crippen molar-refractivity contribution in [1.29, 1.82) is 0 Å². The van der Waals surface area contributed by atoms with Crippen molar-refractivity contribution in [2.75, 3.05) is 0 Å². The Balaban J connectivity index is 2.70. The molecule has 0 aliphatic rings. The van der Waals surface area contributed by atoms with Gasteiger partial charge in [-0.15, -0.1) is 0 Å². The largest absolute Gasteiger partial charge is 0.318 e. The lowest BCUT2D eigenvalue weighted by Crippen LogP contribution is -2.37. The molecule has 2 rings (SSSR count). The fourth-order valence-electron chi connectivity index (χ4n) is 2.02. The summed E-state index contributed by atoms with van der Waals surface area (Å²) in [5.74, 6) is -1.35. The Bertz CT molecular complexity index is 627. The first kappa shape index (κ1) is 14.6. The molecule has 0 fully saturated rings. The lowest BCUT2D eigenvalue weighted by atomic mass is 9.85. The zero-order valence-corrected chi connectivity index (χ0v) is 13.2. The molecule has 0 heterocycles. The molecule has 0 saturated heterocycles. The molecule has 1 atom stereocenters. The Kier molecular flexibility index (Phi) is 4.08. The van der Waals surface area contributed by atoms with Gasteiger partial charge in [0.2, 0.25) is 0 Å². The maximum absolute atomic E-state index is 14.2. The van der Waals surface area contributed by atoms with Crippen LogP contribution in [0, 0.1) is 11.6 Å². The van der Waals surface area contributed by atoms with E-state index in [2.05, 4.69) is 31.9 Å². The Morgan fingerprint density at radius 2 is 1.63 bits per heavy atom. The first-order chi connectivity index (χ1) is 8.85. The summed E-state index contributed by atoms with van der Waals surface area (Å²) in [5, 5.41) is 0. The molecule has 0 spiro atoms. The smallest absolute Gasteiger partial charge is 0.145 e. The molecule has 0 bridgehead atoms. The van der Waals surface area contributed by atoms with E-state index in [4.69, 9.17) is 5.73 Å². The summed E-state index contributed by atoms with van der Waals surface area (Å²) in [7, 11) is 0. The Morgan fingerprint density at radius 1 is 1.00 bits per heavy atom. The third-order valence-electron chi connectivity index (χ3n) is 3.00. The van der Waals surface area contributed by atoms with Crippen LogP contribution in [-0.4, -0.2) is 0 Å². The van der Waals surface area contributed by atoms with Gasteiger partial charge in [-0.05, 0) is 46.6 Å². The molecule has 0 aliphatic carbocycles.